The van der Waals surface area contributed by atoms with Gasteiger partial charge in [0.2, 0.25) is 5.91 Å². The summed E-state index contributed by atoms with van der Waals surface area (Å²) in [7, 11) is 0. The summed E-state index contributed by atoms with van der Waals surface area (Å²) >= 11 is 38.9. The zero-order chi connectivity index (χ0) is 95.8. The van der Waals surface area contributed by atoms with Crippen molar-refractivity contribution in [2.45, 2.75) is 151 Å². The van der Waals surface area contributed by atoms with Crippen LogP contribution in [0.4, 0.5) is 45.5 Å². The van der Waals surface area contributed by atoms with E-state index in [1.807, 2.05) is 134 Å². The van der Waals surface area contributed by atoms with Crippen molar-refractivity contribution in [3.05, 3.63) is 289 Å². The van der Waals surface area contributed by atoms with Gasteiger partial charge >= 0.3 is 18.4 Å². The SMILES string of the molecule is CC(=O)N1CC2(CC[NH2+]CC2)c2cc(Cl)ccc21.CC(C)(C)OC(=O)N1CCC2(CC1)CN(C(=O)c1ccnc(Cl)c1)c1ccccc12.CC(C)(C)OC(=O)N1CCC2(CC1)CNc1ccccc12.CC(Cl)Cl.O=C(Cl)c1ccnc(Cl)c1.O=C([O-])C(F)(F)F.O=C(c1ccnc(Cl)c1)N1CC2(CCN(C/C=C/c3ccccc3)CC2)c2ccccc21.O=C/C=C/c1ccccc1.[HH]. The van der Waals surface area contributed by atoms with E-state index in [0.29, 0.717) is 46.6 Å². The number of allylic oxidation sites excluding steroid dienone is 1. The topological polar surface area (TPSA) is 265 Å². The Hall–Kier alpha value is -10.5. The molecule has 4 spiro atoms. The minimum Gasteiger partial charge on any atom is -0.542 e. The number of carbonyl (C=O) groups is 8. The number of rotatable bonds is 8. The van der Waals surface area contributed by atoms with Gasteiger partial charge < -0.3 is 54.5 Å². The molecule has 32 heteroatoms. The molecule has 0 saturated carbocycles. The van der Waals surface area contributed by atoms with Crippen LogP contribution in [-0.4, -0.2) is 184 Å². The number of likely N-dealkylation sites (tertiary alicyclic amines) is 3. The second-order valence-corrected chi connectivity index (χ2v) is 38.6. The first kappa shape index (κ1) is 104. The molecule has 3 aromatic heterocycles. The van der Waals surface area contributed by atoms with Gasteiger partial charge in [-0.3, -0.25) is 28.9 Å². The van der Waals surface area contributed by atoms with E-state index in [1.165, 1.54) is 57.9 Å². The number of halogens is 10. The maximum atomic E-state index is 13.3. The third-order valence-corrected chi connectivity index (χ3v) is 24.8. The third kappa shape index (κ3) is 28.6. The molecule has 0 atom stereocenters. The van der Waals surface area contributed by atoms with Gasteiger partial charge in [0.05, 0.1) is 13.1 Å². The second-order valence-electron chi connectivity index (χ2n) is 35.1. The standard InChI is InChI=1S/C27H26ClN3O.C23H26ClN3O3.C17H24N2O2.C14H17ClN2O.C9H8O.C6H3Cl2NO.C2H4Cl2.C2HF3O2.H2/c28-25-19-22(12-15-29-25)26(32)31-20-27(23-10-4-5-11-24(23)31)13-17-30(18-14-27)16-6-9-21-7-2-1-3-8-21;1-22(2,3)30-21(29)26-12-9-23(10-13-26)15-27(18-7-5-4-6-17(18)23)20(28)16-8-11-25-19(24)14-16;1-16(2,3)21-15(20)19-10-8-17(9-11-19)12-18-14-7-5-4-6-13(14)17;1-10(18)17-9-14(4-6-16-7-5-14)12-8-11(15)2-3-13(12)17;10-8-4-7-9-5-2-1-3-6-9;7-5-3-4(6(8)10)1-2-9-5;1-2(3)4;3-2(4,5)1(6)7;/h1-12,15,19H,13-14,16-18,20H2;4-8,11,14H,9-10,12-13,15H2,1-3H3;4-7,18H,8-12H2,1-3H3;2-3,8,16H,4-7,9H2,1H3;1-8H;1-3H;2H,1H3;(H,6,7);1H/b9-6+;;;;7-4+;;;;. The third-order valence-electron chi connectivity index (χ3n) is 23.7. The highest BCUT2D eigenvalue weighted by molar-refractivity contribution is 6.67. The lowest BCUT2D eigenvalue weighted by atomic mass is 9.74. The normalized spacial score (nSPS) is 16.7. The molecule has 4 saturated heterocycles. The molecule has 0 bridgehead atoms. The highest BCUT2D eigenvalue weighted by Crippen LogP contribution is 2.51. The van der Waals surface area contributed by atoms with Crippen LogP contribution in [-0.2, 0) is 45.5 Å². The molecule has 132 heavy (non-hydrogen) atoms. The van der Waals surface area contributed by atoms with Crippen LogP contribution in [0.25, 0.3) is 12.2 Å². The molecule has 11 heterocycles. The number of anilines is 4. The number of nitrogens with zero attached hydrogens (tertiary/aromatic N) is 9. The number of benzene rings is 6. The Kier molecular flexibility index (Phi) is 36.9. The van der Waals surface area contributed by atoms with Crippen molar-refractivity contribution in [2.24, 2.45) is 0 Å². The van der Waals surface area contributed by atoms with E-state index in [1.54, 1.807) is 61.5 Å². The van der Waals surface area contributed by atoms with Crippen LogP contribution in [0.1, 0.15) is 173 Å². The summed E-state index contributed by atoms with van der Waals surface area (Å²) < 4.78 is 42.5. The number of hydrogen-bond acceptors (Lipinski definition) is 16. The Morgan fingerprint density at radius 1 is 0.508 bits per heavy atom. The number of aromatic nitrogens is 3. The highest BCUT2D eigenvalue weighted by atomic mass is 35.5. The molecular weight excluding hydrogens is 1840 g/mol. The zero-order valence-electron chi connectivity index (χ0n) is 74.8. The quantitative estimate of drug-likeness (QED) is 0.0471. The summed E-state index contributed by atoms with van der Waals surface area (Å²) in [5.41, 5.74) is 12.4. The van der Waals surface area contributed by atoms with E-state index in [4.69, 9.17) is 101 Å². The predicted octanol–water partition coefficient (Wildman–Crippen LogP) is 20.2. The Labute approximate surface area is 805 Å². The van der Waals surface area contributed by atoms with Gasteiger partial charge in [0.25, 0.3) is 17.1 Å². The maximum absolute atomic E-state index is 13.3. The zero-order valence-corrected chi connectivity index (χ0v) is 80.1. The molecule has 8 aliphatic rings. The Morgan fingerprint density at radius 3 is 1.32 bits per heavy atom. The van der Waals surface area contributed by atoms with Gasteiger partial charge in [0, 0.05) is 165 Å². The average Bonchev–Trinajstić information content (AvgIpc) is 1.60. The molecule has 4 fully saturated rings. The van der Waals surface area contributed by atoms with Crippen molar-refractivity contribution in [1.29, 1.82) is 0 Å². The number of carboxylic acids is 1. The molecule has 3 N–H and O–H groups in total. The minimum absolute atomic E-state index is 0. The number of hydrogen-bond donors (Lipinski definition) is 2. The van der Waals surface area contributed by atoms with Crippen LogP contribution in [0.5, 0.6) is 0 Å². The van der Waals surface area contributed by atoms with Crippen molar-refractivity contribution in [1.82, 2.24) is 29.7 Å². The summed E-state index contributed by atoms with van der Waals surface area (Å²) in [5.74, 6) is -2.97. The molecule has 0 unspecified atom stereocenters. The summed E-state index contributed by atoms with van der Waals surface area (Å²) in [5, 5.41) is 15.8. The largest absolute Gasteiger partial charge is 0.542 e. The van der Waals surface area contributed by atoms with E-state index in [0.717, 1.165) is 151 Å². The number of piperidine rings is 4. The monoisotopic (exact) mass is 1940 g/mol. The number of carbonyl (C=O) groups excluding carboxylic acids is 8. The van der Waals surface area contributed by atoms with Crippen molar-refractivity contribution >= 4 is 164 Å². The number of carboxylic acid groups (broad SMARTS) is 1. The smallest absolute Gasteiger partial charge is 0.430 e. The fourth-order valence-electron chi connectivity index (χ4n) is 17.3. The summed E-state index contributed by atoms with van der Waals surface area (Å²) in [6.07, 6.45) is 15.3. The number of alkyl halides is 5. The average molecular weight is 1950 g/mol. The second kappa shape index (κ2) is 47.0. The van der Waals surface area contributed by atoms with Crippen molar-refractivity contribution in [3.63, 3.8) is 0 Å². The van der Waals surface area contributed by atoms with Gasteiger partial charge in [-0.25, -0.2) is 24.5 Å². The molecule has 702 valence electrons. The first-order chi connectivity index (χ1) is 62.7. The number of aliphatic carboxylic acids is 1. The predicted molar refractivity (Wildman–Crippen MR) is 517 cm³/mol. The summed E-state index contributed by atoms with van der Waals surface area (Å²) in [4.78, 5) is 115. The number of quaternary nitrogens is 1. The number of nitrogens with two attached hydrogens (primary N) is 1. The van der Waals surface area contributed by atoms with E-state index >= 15 is 0 Å². The van der Waals surface area contributed by atoms with Gasteiger partial charge in [-0.1, -0.05) is 180 Å². The number of para-hydroxylation sites is 3. The van der Waals surface area contributed by atoms with E-state index in [2.05, 4.69) is 122 Å². The van der Waals surface area contributed by atoms with E-state index in [9.17, 15) is 46.7 Å². The van der Waals surface area contributed by atoms with Crippen LogP contribution < -0.4 is 30.4 Å². The number of aldehydes is 1. The minimum atomic E-state index is -5.19. The number of pyridine rings is 3. The first-order valence-electron chi connectivity index (χ1n) is 43.4. The Bertz CT molecular complexity index is 5530. The lowest BCUT2D eigenvalue weighted by molar-refractivity contribution is -0.665. The van der Waals surface area contributed by atoms with Gasteiger partial charge in [-0.2, -0.15) is 13.2 Å². The van der Waals surface area contributed by atoms with Crippen LogP contribution >= 0.6 is 81.2 Å². The van der Waals surface area contributed by atoms with Gasteiger partial charge in [-0.05, 0) is 224 Å². The van der Waals surface area contributed by atoms with E-state index in [-0.39, 0.29) is 63.0 Å². The molecule has 22 nitrogen and oxygen atoms in total. The molecule has 8 aliphatic heterocycles. The molecule has 5 amide bonds. The molecule has 6 aromatic carbocycles. The van der Waals surface area contributed by atoms with Gasteiger partial charge in [-0.15, -0.1) is 23.2 Å². The Balaban J connectivity index is 0.000000182. The number of ether oxygens (including phenoxy) is 2. The van der Waals surface area contributed by atoms with Crippen LogP contribution in [0.3, 0.4) is 0 Å². The summed E-state index contributed by atoms with van der Waals surface area (Å²) in [6.45, 7) is 25.8. The number of amides is 5. The maximum Gasteiger partial charge on any atom is 0.430 e. The molecule has 17 rings (SSSR count). The Morgan fingerprint density at radius 2 is 0.894 bits per heavy atom. The van der Waals surface area contributed by atoms with Crippen molar-refractivity contribution in [2.75, 3.05) is 105 Å². The van der Waals surface area contributed by atoms with Gasteiger partial charge in [0.15, 0.2) is 0 Å². The lowest BCUT2D eigenvalue weighted by Crippen LogP contribution is -2.87. The molecular formula is C100H111Cl7F3N11O11. The fourth-order valence-corrected chi connectivity index (χ4v) is 18.1. The number of fused-ring (bicyclic) bond motifs is 8. The first-order valence-corrected chi connectivity index (χ1v) is 46.2. The van der Waals surface area contributed by atoms with Crippen LogP contribution in [0.2, 0.25) is 20.5 Å². The molecule has 9 aromatic rings. The number of nitrogens with one attached hydrogen (secondary N) is 1. The molecule has 0 radical (unpaired) electrons. The molecule has 0 aliphatic carbocycles. The van der Waals surface area contributed by atoms with Crippen molar-refractivity contribution in [3.8, 4) is 0 Å². The van der Waals surface area contributed by atoms with Crippen LogP contribution in [0, 0.1) is 0 Å². The van der Waals surface area contributed by atoms with Crippen molar-refractivity contribution < 1.29 is 72.9 Å². The summed E-state index contributed by atoms with van der Waals surface area (Å²) in [6, 6.07) is 60.6. The fraction of sp³-hybridized carbons (Fsp3) is 0.370. The van der Waals surface area contributed by atoms with E-state index < -0.39 is 28.6 Å². The van der Waals surface area contributed by atoms with Gasteiger partial charge in [0.1, 0.15) is 43.8 Å². The lowest BCUT2D eigenvalue weighted by Gasteiger charge is -2.40. The highest BCUT2D eigenvalue weighted by Gasteiger charge is 2.50. The van der Waals surface area contributed by atoms with Crippen LogP contribution in [0.15, 0.2) is 219 Å².